The highest BCUT2D eigenvalue weighted by molar-refractivity contribution is 5.95. The van der Waals surface area contributed by atoms with Crippen molar-refractivity contribution in [1.82, 2.24) is 14.7 Å². The number of methoxy groups -OCH3 is 1. The van der Waals surface area contributed by atoms with E-state index in [-0.39, 0.29) is 12.0 Å². The summed E-state index contributed by atoms with van der Waals surface area (Å²) >= 11 is 0. The highest BCUT2D eigenvalue weighted by atomic mass is 16.5. The van der Waals surface area contributed by atoms with Gasteiger partial charge in [-0.25, -0.2) is 9.78 Å². The molecule has 2 aromatic heterocycles. The summed E-state index contributed by atoms with van der Waals surface area (Å²) in [6.45, 7) is 3.00. The van der Waals surface area contributed by atoms with E-state index in [2.05, 4.69) is 10.3 Å². The van der Waals surface area contributed by atoms with Crippen molar-refractivity contribution in [3.05, 3.63) is 35.4 Å². The molecule has 1 atom stereocenters. The van der Waals surface area contributed by atoms with Crippen molar-refractivity contribution < 1.29 is 9.53 Å². The lowest BCUT2D eigenvalue weighted by molar-refractivity contribution is 0.0596. The number of fused-ring (bicyclic) bond motifs is 1. The monoisotopic (exact) mass is 259 g/mol. The van der Waals surface area contributed by atoms with Crippen molar-refractivity contribution in [2.75, 3.05) is 13.7 Å². The maximum Gasteiger partial charge on any atom is 0.358 e. The van der Waals surface area contributed by atoms with E-state index in [1.807, 2.05) is 29.7 Å². The van der Waals surface area contributed by atoms with Crippen LogP contribution in [0.25, 0.3) is 5.52 Å². The van der Waals surface area contributed by atoms with E-state index < -0.39 is 0 Å². The molecule has 0 spiro atoms. The van der Waals surface area contributed by atoms with E-state index in [4.69, 9.17) is 4.74 Å². The number of aromatic nitrogens is 2. The first-order valence-electron chi connectivity index (χ1n) is 6.51. The number of carbonyl (C=O) groups excluding carboxylic acids is 1. The van der Waals surface area contributed by atoms with Gasteiger partial charge in [0.15, 0.2) is 5.69 Å². The molecule has 1 aliphatic rings. The summed E-state index contributed by atoms with van der Waals surface area (Å²) in [7, 11) is 1.39. The predicted octanol–water partition coefficient (Wildman–Crippen LogP) is 1.85. The third-order valence-electron chi connectivity index (χ3n) is 3.58. The fraction of sp³-hybridized carbons (Fsp3) is 0.429. The van der Waals surface area contributed by atoms with Gasteiger partial charge in [0.25, 0.3) is 0 Å². The Morgan fingerprint density at radius 3 is 3.11 bits per heavy atom. The van der Waals surface area contributed by atoms with Crippen LogP contribution in [0.4, 0.5) is 0 Å². The second-order valence-electron chi connectivity index (χ2n) is 4.92. The van der Waals surface area contributed by atoms with Crippen LogP contribution in [0.1, 0.15) is 40.8 Å². The summed E-state index contributed by atoms with van der Waals surface area (Å²) in [6.07, 6.45) is 4.16. The zero-order valence-electron chi connectivity index (χ0n) is 11.1. The van der Waals surface area contributed by atoms with Gasteiger partial charge in [-0.2, -0.15) is 0 Å². The lowest BCUT2D eigenvalue weighted by Gasteiger charge is -2.08. The zero-order chi connectivity index (χ0) is 13.4. The summed E-state index contributed by atoms with van der Waals surface area (Å²) in [4.78, 5) is 16.4. The van der Waals surface area contributed by atoms with Crippen molar-refractivity contribution in [2.24, 2.45) is 0 Å². The Morgan fingerprint density at radius 1 is 1.58 bits per heavy atom. The van der Waals surface area contributed by atoms with Crippen LogP contribution in [0.3, 0.4) is 0 Å². The summed E-state index contributed by atoms with van der Waals surface area (Å²) in [5.74, 6) is 0.514. The van der Waals surface area contributed by atoms with E-state index in [1.54, 1.807) is 0 Å². The van der Waals surface area contributed by atoms with Gasteiger partial charge in [0.05, 0.1) is 18.7 Å². The number of rotatable bonds is 2. The lowest BCUT2D eigenvalue weighted by Crippen LogP contribution is -2.16. The quantitative estimate of drug-likeness (QED) is 0.836. The molecular formula is C14H17N3O2. The average molecular weight is 259 g/mol. The molecule has 0 aromatic carbocycles. The molecule has 1 N–H and O–H groups in total. The van der Waals surface area contributed by atoms with Gasteiger partial charge in [0.1, 0.15) is 5.82 Å². The largest absolute Gasteiger partial charge is 0.464 e. The van der Waals surface area contributed by atoms with Gasteiger partial charge in [-0.05, 0) is 44.0 Å². The Balaban J connectivity index is 2.19. The second kappa shape index (κ2) is 4.66. The number of aryl methyl sites for hydroxylation is 1. The van der Waals surface area contributed by atoms with Gasteiger partial charge in [0, 0.05) is 6.20 Å². The SMILES string of the molecule is COC(=O)c1nc(C2CCCN2)n2ccc(C)cc12. The molecule has 1 aliphatic heterocycles. The minimum atomic E-state index is -0.382. The number of pyridine rings is 1. The lowest BCUT2D eigenvalue weighted by atomic mass is 10.2. The predicted molar refractivity (Wildman–Crippen MR) is 71.2 cm³/mol. The molecule has 1 unspecified atom stereocenters. The highest BCUT2D eigenvalue weighted by Gasteiger charge is 2.25. The Kier molecular flexibility index (Phi) is 2.98. The number of hydrogen-bond donors (Lipinski definition) is 1. The first-order chi connectivity index (χ1) is 9.20. The van der Waals surface area contributed by atoms with Crippen LogP contribution < -0.4 is 5.32 Å². The molecule has 0 amide bonds. The molecule has 19 heavy (non-hydrogen) atoms. The number of esters is 1. The number of carbonyl (C=O) groups is 1. The van der Waals surface area contributed by atoms with E-state index in [0.717, 1.165) is 36.3 Å². The van der Waals surface area contributed by atoms with Crippen molar-refractivity contribution in [1.29, 1.82) is 0 Å². The molecule has 1 fully saturated rings. The van der Waals surface area contributed by atoms with Crippen LogP contribution in [-0.2, 0) is 4.74 Å². The van der Waals surface area contributed by atoms with Crippen LogP contribution in [0.2, 0.25) is 0 Å². The number of nitrogens with zero attached hydrogens (tertiary/aromatic N) is 2. The molecule has 5 nitrogen and oxygen atoms in total. The molecule has 0 bridgehead atoms. The van der Waals surface area contributed by atoms with Gasteiger partial charge in [-0.15, -0.1) is 0 Å². The van der Waals surface area contributed by atoms with Crippen molar-refractivity contribution in [2.45, 2.75) is 25.8 Å². The Labute approximate surface area is 111 Å². The molecular weight excluding hydrogens is 242 g/mol. The zero-order valence-corrected chi connectivity index (χ0v) is 11.1. The number of imidazole rings is 1. The summed E-state index contributed by atoms with van der Waals surface area (Å²) in [5.41, 5.74) is 2.31. The Morgan fingerprint density at radius 2 is 2.42 bits per heavy atom. The summed E-state index contributed by atoms with van der Waals surface area (Å²) in [5, 5.41) is 3.41. The molecule has 0 aliphatic carbocycles. The standard InChI is InChI=1S/C14H17N3O2/c1-9-5-7-17-11(8-9)12(14(18)19-2)16-13(17)10-4-3-6-15-10/h5,7-8,10,15H,3-4,6H2,1-2H3. The average Bonchev–Trinajstić information content (AvgIpc) is 3.03. The number of hydrogen-bond acceptors (Lipinski definition) is 4. The Hall–Kier alpha value is -1.88. The van der Waals surface area contributed by atoms with Gasteiger partial charge >= 0.3 is 5.97 Å². The molecule has 100 valence electrons. The molecule has 3 rings (SSSR count). The van der Waals surface area contributed by atoms with E-state index in [0.29, 0.717) is 5.69 Å². The number of nitrogens with one attached hydrogen (secondary N) is 1. The van der Waals surface area contributed by atoms with Crippen LogP contribution in [-0.4, -0.2) is 29.0 Å². The van der Waals surface area contributed by atoms with Gasteiger partial charge < -0.3 is 14.5 Å². The fourth-order valence-electron chi connectivity index (χ4n) is 2.61. The van der Waals surface area contributed by atoms with Crippen molar-refractivity contribution in [3.8, 4) is 0 Å². The first-order valence-corrected chi connectivity index (χ1v) is 6.51. The van der Waals surface area contributed by atoms with Gasteiger partial charge in [-0.1, -0.05) is 0 Å². The van der Waals surface area contributed by atoms with E-state index in [9.17, 15) is 4.79 Å². The smallest absolute Gasteiger partial charge is 0.358 e. The van der Waals surface area contributed by atoms with Crippen LogP contribution in [0, 0.1) is 6.92 Å². The minimum Gasteiger partial charge on any atom is -0.464 e. The molecule has 0 saturated carbocycles. The number of ether oxygens (including phenoxy) is 1. The molecule has 3 heterocycles. The molecule has 2 aromatic rings. The normalized spacial score (nSPS) is 18.9. The summed E-state index contributed by atoms with van der Waals surface area (Å²) in [6, 6.07) is 4.21. The van der Waals surface area contributed by atoms with Crippen molar-refractivity contribution in [3.63, 3.8) is 0 Å². The maximum atomic E-state index is 11.8. The molecule has 0 radical (unpaired) electrons. The third kappa shape index (κ3) is 2.00. The highest BCUT2D eigenvalue weighted by Crippen LogP contribution is 2.25. The summed E-state index contributed by atoms with van der Waals surface area (Å²) < 4.78 is 6.81. The van der Waals surface area contributed by atoms with Crippen LogP contribution in [0.5, 0.6) is 0 Å². The molecule has 5 heteroatoms. The topological polar surface area (TPSA) is 55.6 Å². The second-order valence-corrected chi connectivity index (χ2v) is 4.92. The Bertz CT molecular complexity index is 627. The first kappa shape index (κ1) is 12.2. The molecule has 1 saturated heterocycles. The van der Waals surface area contributed by atoms with E-state index >= 15 is 0 Å². The van der Waals surface area contributed by atoms with Crippen molar-refractivity contribution >= 4 is 11.5 Å². The maximum absolute atomic E-state index is 11.8. The van der Waals surface area contributed by atoms with Crippen LogP contribution >= 0.6 is 0 Å². The third-order valence-corrected chi connectivity index (χ3v) is 3.58. The minimum absolute atomic E-state index is 0.216. The fourth-order valence-corrected chi connectivity index (χ4v) is 2.61. The van der Waals surface area contributed by atoms with Gasteiger partial charge in [-0.3, -0.25) is 0 Å². The van der Waals surface area contributed by atoms with Crippen LogP contribution in [0.15, 0.2) is 18.3 Å². The van der Waals surface area contributed by atoms with Gasteiger partial charge in [0.2, 0.25) is 0 Å². The van der Waals surface area contributed by atoms with E-state index in [1.165, 1.54) is 7.11 Å².